The highest BCUT2D eigenvalue weighted by Gasteiger charge is 2.22. The minimum atomic E-state index is 0. The molecule has 1 aliphatic heterocycles. The highest BCUT2D eigenvalue weighted by molar-refractivity contribution is 14.0. The quantitative estimate of drug-likeness (QED) is 0.705. The van der Waals surface area contributed by atoms with Crippen LogP contribution >= 0.6 is 24.0 Å². The second kappa shape index (κ2) is 8.94. The fourth-order valence-corrected chi connectivity index (χ4v) is 2.93. The summed E-state index contributed by atoms with van der Waals surface area (Å²) in [5.41, 5.74) is 2.26. The highest BCUT2D eigenvalue weighted by atomic mass is 127. The first-order valence-electron chi connectivity index (χ1n) is 8.00. The molecule has 0 fully saturated rings. The molecule has 0 saturated carbocycles. The summed E-state index contributed by atoms with van der Waals surface area (Å²) in [5.74, 6) is 2.52. The summed E-state index contributed by atoms with van der Waals surface area (Å²) in [6.45, 7) is 1.40. The van der Waals surface area contributed by atoms with Gasteiger partial charge >= 0.3 is 0 Å². The van der Waals surface area contributed by atoms with Crippen LogP contribution in [0.15, 0.2) is 53.5 Å². The van der Waals surface area contributed by atoms with Crippen LogP contribution in [0.3, 0.4) is 0 Å². The molecule has 1 aliphatic rings. The summed E-state index contributed by atoms with van der Waals surface area (Å²) in [4.78, 5) is 6.74. The third kappa shape index (κ3) is 4.36. The minimum absolute atomic E-state index is 0. The maximum atomic E-state index is 5.47. The van der Waals surface area contributed by atoms with Gasteiger partial charge in [-0.3, -0.25) is 4.99 Å². The Morgan fingerprint density at radius 3 is 2.28 bits per heavy atom. The molecular formula is C19H24IN3O2. The average molecular weight is 453 g/mol. The van der Waals surface area contributed by atoms with Gasteiger partial charge in [0.05, 0.1) is 38.9 Å². The number of methoxy groups -OCH3 is 2. The van der Waals surface area contributed by atoms with Crippen molar-refractivity contribution < 1.29 is 9.47 Å². The molecule has 5 nitrogen and oxygen atoms in total. The zero-order chi connectivity index (χ0) is 16.9. The highest BCUT2D eigenvalue weighted by Crippen LogP contribution is 2.29. The summed E-state index contributed by atoms with van der Waals surface area (Å²) in [6, 6.07) is 16.4. The molecule has 6 heteroatoms. The largest absolute Gasteiger partial charge is 0.496 e. The second-order valence-corrected chi connectivity index (χ2v) is 5.77. The zero-order valence-corrected chi connectivity index (χ0v) is 17.1. The van der Waals surface area contributed by atoms with E-state index >= 15 is 0 Å². The number of benzene rings is 2. The Morgan fingerprint density at radius 2 is 1.68 bits per heavy atom. The van der Waals surface area contributed by atoms with Gasteiger partial charge in [0.25, 0.3) is 0 Å². The Balaban J connectivity index is 0.00000225. The van der Waals surface area contributed by atoms with E-state index < -0.39 is 0 Å². The van der Waals surface area contributed by atoms with Crippen LogP contribution in [0, 0.1) is 0 Å². The van der Waals surface area contributed by atoms with E-state index in [1.807, 2.05) is 31.3 Å². The van der Waals surface area contributed by atoms with Crippen LogP contribution in [0.4, 0.5) is 0 Å². The SMILES string of the molecule is COc1cccc(OC)c1CN(C)C1=NCC(c2ccccc2)N1.I. The molecule has 1 N–H and O–H groups in total. The molecule has 0 spiro atoms. The standard InChI is InChI=1S/C19H23N3O2.HI/c1-22(13-15-17(23-2)10-7-11-18(15)24-3)19-20-12-16(21-19)14-8-5-4-6-9-14;/h4-11,16H,12-13H2,1-3H3,(H,20,21);1H. The predicted octanol–water partition coefficient (Wildman–Crippen LogP) is 3.45. The fourth-order valence-electron chi connectivity index (χ4n) is 2.93. The maximum Gasteiger partial charge on any atom is 0.194 e. The first-order valence-corrected chi connectivity index (χ1v) is 8.00. The molecule has 0 aliphatic carbocycles. The number of aliphatic imine (C=N–C) groups is 1. The third-order valence-corrected chi connectivity index (χ3v) is 4.22. The molecule has 2 aromatic carbocycles. The molecule has 3 rings (SSSR count). The van der Waals surface area contributed by atoms with E-state index in [0.29, 0.717) is 6.54 Å². The second-order valence-electron chi connectivity index (χ2n) is 5.77. The van der Waals surface area contributed by atoms with Gasteiger partial charge in [0.1, 0.15) is 11.5 Å². The molecule has 0 saturated heterocycles. The molecule has 25 heavy (non-hydrogen) atoms. The van der Waals surface area contributed by atoms with Gasteiger partial charge in [-0.25, -0.2) is 0 Å². The van der Waals surface area contributed by atoms with Crippen molar-refractivity contribution in [1.29, 1.82) is 0 Å². The van der Waals surface area contributed by atoms with Gasteiger partial charge in [-0.1, -0.05) is 36.4 Å². The number of hydrogen-bond acceptors (Lipinski definition) is 5. The van der Waals surface area contributed by atoms with Crippen molar-refractivity contribution in [3.63, 3.8) is 0 Å². The first-order chi connectivity index (χ1) is 11.7. The van der Waals surface area contributed by atoms with Crippen molar-refractivity contribution in [3.05, 3.63) is 59.7 Å². The Morgan fingerprint density at radius 1 is 1.04 bits per heavy atom. The van der Waals surface area contributed by atoms with Crippen LogP contribution in [-0.4, -0.2) is 38.7 Å². The van der Waals surface area contributed by atoms with Crippen molar-refractivity contribution in [2.45, 2.75) is 12.6 Å². The van der Waals surface area contributed by atoms with Crippen LogP contribution in [0.2, 0.25) is 0 Å². The van der Waals surface area contributed by atoms with Crippen LogP contribution < -0.4 is 14.8 Å². The number of rotatable bonds is 5. The van der Waals surface area contributed by atoms with Gasteiger partial charge in [0, 0.05) is 7.05 Å². The number of hydrogen-bond donors (Lipinski definition) is 1. The molecule has 1 unspecified atom stereocenters. The Kier molecular flexibility index (Phi) is 6.92. The maximum absolute atomic E-state index is 5.47. The van der Waals surface area contributed by atoms with E-state index in [1.165, 1.54) is 5.56 Å². The van der Waals surface area contributed by atoms with E-state index in [9.17, 15) is 0 Å². The van der Waals surface area contributed by atoms with Gasteiger partial charge in [0.2, 0.25) is 0 Å². The molecule has 1 atom stereocenters. The summed E-state index contributed by atoms with van der Waals surface area (Å²) in [7, 11) is 5.37. The van der Waals surface area contributed by atoms with Crippen molar-refractivity contribution in [2.24, 2.45) is 4.99 Å². The van der Waals surface area contributed by atoms with Crippen molar-refractivity contribution >= 4 is 29.9 Å². The van der Waals surface area contributed by atoms with Crippen molar-refractivity contribution in [3.8, 4) is 11.5 Å². The molecule has 0 aromatic heterocycles. The van der Waals surface area contributed by atoms with Crippen LogP contribution in [0.5, 0.6) is 11.5 Å². The normalized spacial score (nSPS) is 15.6. The average Bonchev–Trinajstić information content (AvgIpc) is 3.13. The van der Waals surface area contributed by atoms with Crippen molar-refractivity contribution in [1.82, 2.24) is 10.2 Å². The number of ether oxygens (including phenoxy) is 2. The fraction of sp³-hybridized carbons (Fsp3) is 0.316. The number of halogens is 1. The van der Waals surface area contributed by atoms with Gasteiger partial charge in [-0.05, 0) is 17.7 Å². The van der Waals surface area contributed by atoms with Crippen LogP contribution in [0.1, 0.15) is 17.2 Å². The molecule has 0 bridgehead atoms. The van der Waals surface area contributed by atoms with E-state index in [-0.39, 0.29) is 30.0 Å². The summed E-state index contributed by atoms with van der Waals surface area (Å²) >= 11 is 0. The summed E-state index contributed by atoms with van der Waals surface area (Å²) in [6.07, 6.45) is 0. The Hall–Kier alpha value is -1.96. The molecule has 0 amide bonds. The topological polar surface area (TPSA) is 46.1 Å². The summed E-state index contributed by atoms with van der Waals surface area (Å²) in [5, 5.41) is 3.50. The van der Waals surface area contributed by atoms with Gasteiger partial charge in [-0.2, -0.15) is 0 Å². The number of nitrogens with one attached hydrogen (secondary N) is 1. The number of nitrogens with zero attached hydrogens (tertiary/aromatic N) is 2. The van der Waals surface area contributed by atoms with E-state index in [1.54, 1.807) is 14.2 Å². The lowest BCUT2D eigenvalue weighted by Gasteiger charge is -2.23. The Labute approximate surface area is 166 Å². The molecule has 1 heterocycles. The molecule has 2 aromatic rings. The first kappa shape index (κ1) is 19.4. The van der Waals surface area contributed by atoms with Gasteiger partial charge in [0.15, 0.2) is 5.96 Å². The summed E-state index contributed by atoms with van der Waals surface area (Å²) < 4.78 is 10.9. The van der Waals surface area contributed by atoms with Gasteiger partial charge < -0.3 is 19.7 Å². The number of guanidine groups is 1. The predicted molar refractivity (Wildman–Crippen MR) is 111 cm³/mol. The van der Waals surface area contributed by atoms with E-state index in [2.05, 4.69) is 39.5 Å². The lowest BCUT2D eigenvalue weighted by Crippen LogP contribution is -2.36. The minimum Gasteiger partial charge on any atom is -0.496 e. The smallest absolute Gasteiger partial charge is 0.194 e. The lowest BCUT2D eigenvalue weighted by molar-refractivity contribution is 0.369. The molecule has 0 radical (unpaired) electrons. The third-order valence-electron chi connectivity index (χ3n) is 4.22. The van der Waals surface area contributed by atoms with Gasteiger partial charge in [-0.15, -0.1) is 24.0 Å². The lowest BCUT2D eigenvalue weighted by atomic mass is 10.1. The van der Waals surface area contributed by atoms with Crippen LogP contribution in [-0.2, 0) is 6.54 Å². The molecule has 134 valence electrons. The Bertz CT molecular complexity index is 700. The molecular weight excluding hydrogens is 429 g/mol. The van der Waals surface area contributed by atoms with Crippen LogP contribution in [0.25, 0.3) is 0 Å². The zero-order valence-electron chi connectivity index (χ0n) is 14.7. The van der Waals surface area contributed by atoms with E-state index in [4.69, 9.17) is 9.47 Å². The van der Waals surface area contributed by atoms with Crippen molar-refractivity contribution in [2.75, 3.05) is 27.8 Å². The monoisotopic (exact) mass is 453 g/mol. The van der Waals surface area contributed by atoms with E-state index in [0.717, 1.165) is 29.6 Å².